The van der Waals surface area contributed by atoms with E-state index in [2.05, 4.69) is 50.4 Å². The van der Waals surface area contributed by atoms with Gasteiger partial charge in [-0.25, -0.2) is 0 Å². The highest BCUT2D eigenvalue weighted by Crippen LogP contribution is 2.16. The molecular weight excluding hydrogens is 196 g/mol. The minimum atomic E-state index is 0.0456. The van der Waals surface area contributed by atoms with Gasteiger partial charge in [-0.05, 0) is 24.8 Å². The number of benzene rings is 1. The summed E-state index contributed by atoms with van der Waals surface area (Å²) in [5, 5.41) is 3.57. The summed E-state index contributed by atoms with van der Waals surface area (Å²) < 4.78 is 0. The zero-order chi connectivity index (χ0) is 12.0. The molecule has 0 radical (unpaired) electrons. The second kappa shape index (κ2) is 6.02. The van der Waals surface area contributed by atoms with Crippen LogP contribution in [0.5, 0.6) is 0 Å². The third kappa shape index (κ3) is 4.33. The van der Waals surface area contributed by atoms with Crippen molar-refractivity contribution >= 4 is 0 Å². The predicted molar refractivity (Wildman–Crippen MR) is 70.2 cm³/mol. The molecule has 1 aromatic carbocycles. The van der Waals surface area contributed by atoms with Crippen LogP contribution in [0.4, 0.5) is 0 Å². The fraction of sp³-hybridized carbons (Fsp3) is 0.571. The number of rotatable bonds is 6. The first-order valence-corrected chi connectivity index (χ1v) is 6.05. The molecule has 3 N–H and O–H groups in total. The Morgan fingerprint density at radius 1 is 1.25 bits per heavy atom. The van der Waals surface area contributed by atoms with Gasteiger partial charge in [0.2, 0.25) is 0 Å². The minimum Gasteiger partial charge on any atom is -0.329 e. The van der Waals surface area contributed by atoms with E-state index in [1.807, 2.05) is 6.07 Å². The Kier molecular flexibility index (Phi) is 4.97. The molecule has 0 fully saturated rings. The topological polar surface area (TPSA) is 38.0 Å². The maximum atomic E-state index is 5.86. The van der Waals surface area contributed by atoms with E-state index in [9.17, 15) is 0 Å². The molecular formula is C14H24N2. The summed E-state index contributed by atoms with van der Waals surface area (Å²) in [6.45, 7) is 8.24. The Hall–Kier alpha value is -0.860. The molecule has 90 valence electrons. The van der Waals surface area contributed by atoms with Gasteiger partial charge in [0.05, 0.1) is 0 Å². The lowest BCUT2D eigenvalue weighted by molar-refractivity contribution is 0.297. The molecule has 2 heteroatoms. The van der Waals surface area contributed by atoms with Crippen molar-refractivity contribution in [1.82, 2.24) is 5.32 Å². The Balaban J connectivity index is 2.51. The number of nitrogens with two attached hydrogens (primary N) is 1. The van der Waals surface area contributed by atoms with E-state index < -0.39 is 0 Å². The van der Waals surface area contributed by atoms with Gasteiger partial charge in [-0.1, -0.05) is 44.2 Å². The Bertz CT molecular complexity index is 295. The van der Waals surface area contributed by atoms with Crippen molar-refractivity contribution in [2.45, 2.75) is 39.3 Å². The van der Waals surface area contributed by atoms with Crippen molar-refractivity contribution in [3.8, 4) is 0 Å². The SMILES string of the molecule is CC(C)CC(C)(CN)NCc1ccccc1. The average Bonchev–Trinajstić information content (AvgIpc) is 2.27. The lowest BCUT2D eigenvalue weighted by Gasteiger charge is -2.31. The summed E-state index contributed by atoms with van der Waals surface area (Å²) in [6.07, 6.45) is 1.11. The zero-order valence-corrected chi connectivity index (χ0v) is 10.7. The van der Waals surface area contributed by atoms with Crippen LogP contribution in [0.2, 0.25) is 0 Å². The van der Waals surface area contributed by atoms with Crippen LogP contribution in [-0.2, 0) is 6.54 Å². The molecule has 0 aromatic heterocycles. The van der Waals surface area contributed by atoms with Crippen molar-refractivity contribution in [1.29, 1.82) is 0 Å². The number of hydrogen-bond acceptors (Lipinski definition) is 2. The van der Waals surface area contributed by atoms with Gasteiger partial charge in [0.1, 0.15) is 0 Å². The lowest BCUT2D eigenvalue weighted by Crippen LogP contribution is -2.49. The van der Waals surface area contributed by atoms with E-state index in [1.165, 1.54) is 5.56 Å². The average molecular weight is 220 g/mol. The molecule has 1 aromatic rings. The van der Waals surface area contributed by atoms with E-state index >= 15 is 0 Å². The van der Waals surface area contributed by atoms with Gasteiger partial charge in [-0.2, -0.15) is 0 Å². The molecule has 0 saturated heterocycles. The fourth-order valence-electron chi connectivity index (χ4n) is 2.04. The molecule has 0 spiro atoms. The van der Waals surface area contributed by atoms with Gasteiger partial charge < -0.3 is 11.1 Å². The van der Waals surface area contributed by atoms with E-state index in [0.717, 1.165) is 13.0 Å². The van der Waals surface area contributed by atoms with Crippen LogP contribution < -0.4 is 11.1 Å². The van der Waals surface area contributed by atoms with Gasteiger partial charge in [0.25, 0.3) is 0 Å². The number of nitrogens with one attached hydrogen (secondary N) is 1. The van der Waals surface area contributed by atoms with Gasteiger partial charge in [0, 0.05) is 18.6 Å². The van der Waals surface area contributed by atoms with Crippen LogP contribution >= 0.6 is 0 Å². The molecule has 0 bridgehead atoms. The van der Waals surface area contributed by atoms with Gasteiger partial charge >= 0.3 is 0 Å². The molecule has 1 unspecified atom stereocenters. The van der Waals surface area contributed by atoms with E-state index in [4.69, 9.17) is 5.73 Å². The van der Waals surface area contributed by atoms with Crippen molar-refractivity contribution < 1.29 is 0 Å². The smallest absolute Gasteiger partial charge is 0.0281 e. The summed E-state index contributed by atoms with van der Waals surface area (Å²) in [6, 6.07) is 10.5. The first kappa shape index (κ1) is 13.2. The van der Waals surface area contributed by atoms with Crippen LogP contribution in [0.15, 0.2) is 30.3 Å². The Morgan fingerprint density at radius 2 is 1.88 bits per heavy atom. The van der Waals surface area contributed by atoms with E-state index in [1.54, 1.807) is 0 Å². The van der Waals surface area contributed by atoms with E-state index in [-0.39, 0.29) is 5.54 Å². The van der Waals surface area contributed by atoms with Crippen molar-refractivity contribution in [2.75, 3.05) is 6.54 Å². The third-order valence-corrected chi connectivity index (χ3v) is 2.87. The van der Waals surface area contributed by atoms with Crippen LogP contribution in [0.3, 0.4) is 0 Å². The van der Waals surface area contributed by atoms with Gasteiger partial charge in [-0.3, -0.25) is 0 Å². The van der Waals surface area contributed by atoms with E-state index in [0.29, 0.717) is 12.5 Å². The highest BCUT2D eigenvalue weighted by atomic mass is 15.0. The van der Waals surface area contributed by atoms with Gasteiger partial charge in [-0.15, -0.1) is 0 Å². The van der Waals surface area contributed by atoms with Crippen LogP contribution in [-0.4, -0.2) is 12.1 Å². The zero-order valence-electron chi connectivity index (χ0n) is 10.7. The molecule has 0 saturated carbocycles. The molecule has 0 amide bonds. The summed E-state index contributed by atoms with van der Waals surface area (Å²) >= 11 is 0. The quantitative estimate of drug-likeness (QED) is 0.773. The largest absolute Gasteiger partial charge is 0.329 e. The molecule has 0 aliphatic carbocycles. The van der Waals surface area contributed by atoms with Crippen molar-refractivity contribution in [3.05, 3.63) is 35.9 Å². The first-order valence-electron chi connectivity index (χ1n) is 6.05. The highest BCUT2D eigenvalue weighted by molar-refractivity contribution is 5.14. The molecule has 1 atom stereocenters. The van der Waals surface area contributed by atoms with Crippen LogP contribution in [0.25, 0.3) is 0 Å². The lowest BCUT2D eigenvalue weighted by atomic mass is 9.90. The maximum absolute atomic E-state index is 5.86. The monoisotopic (exact) mass is 220 g/mol. The Morgan fingerprint density at radius 3 is 2.38 bits per heavy atom. The normalized spacial score (nSPS) is 15.1. The molecule has 0 aliphatic rings. The third-order valence-electron chi connectivity index (χ3n) is 2.87. The first-order chi connectivity index (χ1) is 7.56. The Labute approximate surface area is 99.2 Å². The van der Waals surface area contributed by atoms with Crippen molar-refractivity contribution in [3.63, 3.8) is 0 Å². The molecule has 2 nitrogen and oxygen atoms in total. The van der Waals surface area contributed by atoms with Crippen LogP contribution in [0, 0.1) is 5.92 Å². The molecule has 0 heterocycles. The molecule has 1 rings (SSSR count). The minimum absolute atomic E-state index is 0.0456. The summed E-state index contributed by atoms with van der Waals surface area (Å²) in [4.78, 5) is 0. The standard InChI is InChI=1S/C14H24N2/c1-12(2)9-14(3,11-15)16-10-13-7-5-4-6-8-13/h4-8,12,16H,9-11,15H2,1-3H3. The van der Waals surface area contributed by atoms with Crippen LogP contribution in [0.1, 0.15) is 32.8 Å². The summed E-state index contributed by atoms with van der Waals surface area (Å²) in [5.74, 6) is 0.664. The second-order valence-electron chi connectivity index (χ2n) is 5.20. The molecule has 16 heavy (non-hydrogen) atoms. The summed E-state index contributed by atoms with van der Waals surface area (Å²) in [5.41, 5.74) is 7.21. The predicted octanol–water partition coefficient (Wildman–Crippen LogP) is 2.54. The number of hydrogen-bond donors (Lipinski definition) is 2. The summed E-state index contributed by atoms with van der Waals surface area (Å²) in [7, 11) is 0. The highest BCUT2D eigenvalue weighted by Gasteiger charge is 2.22. The van der Waals surface area contributed by atoms with Gasteiger partial charge in [0.15, 0.2) is 0 Å². The van der Waals surface area contributed by atoms with Crippen molar-refractivity contribution in [2.24, 2.45) is 11.7 Å². The molecule has 0 aliphatic heterocycles. The maximum Gasteiger partial charge on any atom is 0.0281 e. The fourth-order valence-corrected chi connectivity index (χ4v) is 2.04. The second-order valence-corrected chi connectivity index (χ2v) is 5.20.